The van der Waals surface area contributed by atoms with Crippen molar-refractivity contribution >= 4 is 17.8 Å². The monoisotopic (exact) mass is 285 g/mol. The van der Waals surface area contributed by atoms with Gasteiger partial charge in [0.05, 0.1) is 6.54 Å². The highest BCUT2D eigenvalue weighted by Crippen LogP contribution is 2.22. The SMILES string of the molecule is CC(=O)NCCNC(=O)CN1CCC(C)CC1C(=O)O. The Bertz CT molecular complexity index is 373. The second-order valence-corrected chi connectivity index (χ2v) is 5.29. The van der Waals surface area contributed by atoms with E-state index in [2.05, 4.69) is 10.6 Å². The number of hydrogen-bond donors (Lipinski definition) is 3. The largest absolute Gasteiger partial charge is 0.480 e. The fourth-order valence-electron chi connectivity index (χ4n) is 2.32. The summed E-state index contributed by atoms with van der Waals surface area (Å²) in [5.41, 5.74) is 0. The number of amides is 2. The first-order valence-corrected chi connectivity index (χ1v) is 6.88. The summed E-state index contributed by atoms with van der Waals surface area (Å²) in [6.07, 6.45) is 1.48. The minimum Gasteiger partial charge on any atom is -0.480 e. The van der Waals surface area contributed by atoms with Crippen LogP contribution in [0.3, 0.4) is 0 Å². The first-order valence-electron chi connectivity index (χ1n) is 6.88. The lowest BCUT2D eigenvalue weighted by atomic mass is 9.92. The van der Waals surface area contributed by atoms with Gasteiger partial charge < -0.3 is 15.7 Å². The molecule has 1 fully saturated rings. The molecular formula is C13H23N3O4. The van der Waals surface area contributed by atoms with Crippen molar-refractivity contribution in [3.05, 3.63) is 0 Å². The van der Waals surface area contributed by atoms with Crippen molar-refractivity contribution in [2.75, 3.05) is 26.2 Å². The molecule has 0 radical (unpaired) electrons. The maximum atomic E-state index is 11.7. The van der Waals surface area contributed by atoms with Crippen LogP contribution in [-0.2, 0) is 14.4 Å². The van der Waals surface area contributed by atoms with E-state index < -0.39 is 12.0 Å². The van der Waals surface area contributed by atoms with Gasteiger partial charge in [0.1, 0.15) is 6.04 Å². The summed E-state index contributed by atoms with van der Waals surface area (Å²) in [7, 11) is 0. The summed E-state index contributed by atoms with van der Waals surface area (Å²) >= 11 is 0. The van der Waals surface area contributed by atoms with Crippen LogP contribution in [0.15, 0.2) is 0 Å². The van der Waals surface area contributed by atoms with Gasteiger partial charge in [-0.3, -0.25) is 19.3 Å². The standard InChI is InChI=1S/C13H23N3O4/c1-9-3-6-16(11(7-9)13(19)20)8-12(18)15-5-4-14-10(2)17/h9,11H,3-8H2,1-2H3,(H,14,17)(H,15,18)(H,19,20). The van der Waals surface area contributed by atoms with Gasteiger partial charge in [0.25, 0.3) is 0 Å². The number of likely N-dealkylation sites (tertiary alicyclic amines) is 1. The number of hydrogen-bond acceptors (Lipinski definition) is 4. The van der Waals surface area contributed by atoms with E-state index in [1.165, 1.54) is 6.92 Å². The van der Waals surface area contributed by atoms with E-state index in [9.17, 15) is 19.5 Å². The van der Waals surface area contributed by atoms with E-state index in [4.69, 9.17) is 0 Å². The molecule has 2 unspecified atom stereocenters. The van der Waals surface area contributed by atoms with Gasteiger partial charge >= 0.3 is 5.97 Å². The van der Waals surface area contributed by atoms with E-state index in [1.54, 1.807) is 4.90 Å². The molecule has 1 rings (SSSR count). The normalized spacial score (nSPS) is 23.1. The zero-order chi connectivity index (χ0) is 15.1. The van der Waals surface area contributed by atoms with Gasteiger partial charge in [-0.05, 0) is 25.3 Å². The van der Waals surface area contributed by atoms with E-state index in [-0.39, 0.29) is 18.4 Å². The molecule has 2 amide bonds. The molecule has 7 nitrogen and oxygen atoms in total. The van der Waals surface area contributed by atoms with E-state index in [0.29, 0.717) is 32.0 Å². The molecule has 1 aliphatic rings. The van der Waals surface area contributed by atoms with Gasteiger partial charge in [-0.2, -0.15) is 0 Å². The molecule has 2 atom stereocenters. The Morgan fingerprint density at radius 3 is 2.50 bits per heavy atom. The van der Waals surface area contributed by atoms with Gasteiger partial charge in [0.15, 0.2) is 0 Å². The van der Waals surface area contributed by atoms with Crippen molar-refractivity contribution < 1.29 is 19.5 Å². The maximum Gasteiger partial charge on any atom is 0.320 e. The number of rotatable bonds is 6. The Hall–Kier alpha value is -1.63. The summed E-state index contributed by atoms with van der Waals surface area (Å²) < 4.78 is 0. The first kappa shape index (κ1) is 16.4. The highest BCUT2D eigenvalue weighted by atomic mass is 16.4. The summed E-state index contributed by atoms with van der Waals surface area (Å²) in [6.45, 7) is 4.87. The van der Waals surface area contributed by atoms with Crippen molar-refractivity contribution in [3.63, 3.8) is 0 Å². The van der Waals surface area contributed by atoms with Crippen LogP contribution in [0, 0.1) is 5.92 Å². The number of carbonyl (C=O) groups excluding carboxylic acids is 2. The fourth-order valence-corrected chi connectivity index (χ4v) is 2.32. The molecule has 0 aromatic carbocycles. The topological polar surface area (TPSA) is 98.7 Å². The third-order valence-corrected chi connectivity index (χ3v) is 3.43. The minimum atomic E-state index is -0.873. The number of aliphatic carboxylic acids is 1. The highest BCUT2D eigenvalue weighted by molar-refractivity contribution is 5.80. The molecule has 3 N–H and O–H groups in total. The van der Waals surface area contributed by atoms with E-state index >= 15 is 0 Å². The number of piperidine rings is 1. The van der Waals surface area contributed by atoms with Crippen LogP contribution in [0.4, 0.5) is 0 Å². The van der Waals surface area contributed by atoms with Gasteiger partial charge in [-0.15, -0.1) is 0 Å². The van der Waals surface area contributed by atoms with Gasteiger partial charge in [-0.25, -0.2) is 0 Å². The molecule has 7 heteroatoms. The highest BCUT2D eigenvalue weighted by Gasteiger charge is 2.32. The maximum absolute atomic E-state index is 11.7. The lowest BCUT2D eigenvalue weighted by molar-refractivity contribution is -0.146. The van der Waals surface area contributed by atoms with Crippen LogP contribution in [-0.4, -0.2) is 60.0 Å². The Morgan fingerprint density at radius 2 is 1.90 bits per heavy atom. The predicted molar refractivity (Wildman–Crippen MR) is 73.1 cm³/mol. The van der Waals surface area contributed by atoms with Crippen LogP contribution in [0.2, 0.25) is 0 Å². The van der Waals surface area contributed by atoms with Crippen molar-refractivity contribution in [1.29, 1.82) is 0 Å². The number of nitrogens with zero attached hydrogens (tertiary/aromatic N) is 1. The number of carbonyl (C=O) groups is 3. The molecule has 1 saturated heterocycles. The minimum absolute atomic E-state index is 0.0871. The zero-order valence-electron chi connectivity index (χ0n) is 12.0. The molecular weight excluding hydrogens is 262 g/mol. The lowest BCUT2D eigenvalue weighted by Crippen LogP contribution is -2.51. The number of carboxylic acids is 1. The van der Waals surface area contributed by atoms with Crippen LogP contribution in [0.5, 0.6) is 0 Å². The van der Waals surface area contributed by atoms with Crippen LogP contribution < -0.4 is 10.6 Å². The molecule has 0 bridgehead atoms. The van der Waals surface area contributed by atoms with Crippen LogP contribution >= 0.6 is 0 Å². The first-order chi connectivity index (χ1) is 9.40. The van der Waals surface area contributed by atoms with Gasteiger partial charge in [0, 0.05) is 20.0 Å². The van der Waals surface area contributed by atoms with Crippen LogP contribution in [0.1, 0.15) is 26.7 Å². The summed E-state index contributed by atoms with van der Waals surface area (Å²) in [6, 6.07) is -0.583. The molecule has 114 valence electrons. The lowest BCUT2D eigenvalue weighted by Gasteiger charge is -2.35. The molecule has 0 aliphatic carbocycles. The molecule has 20 heavy (non-hydrogen) atoms. The summed E-state index contributed by atoms with van der Waals surface area (Å²) in [4.78, 5) is 35.3. The Kier molecular flexibility index (Phi) is 6.44. The van der Waals surface area contributed by atoms with E-state index in [0.717, 1.165) is 6.42 Å². The molecule has 0 aromatic rings. The second kappa shape index (κ2) is 7.84. The molecule has 0 aromatic heterocycles. The van der Waals surface area contributed by atoms with Crippen molar-refractivity contribution in [2.24, 2.45) is 5.92 Å². The average Bonchev–Trinajstić information content (AvgIpc) is 2.36. The van der Waals surface area contributed by atoms with Crippen LogP contribution in [0.25, 0.3) is 0 Å². The van der Waals surface area contributed by atoms with Crippen molar-refractivity contribution in [2.45, 2.75) is 32.7 Å². The fraction of sp³-hybridized carbons (Fsp3) is 0.769. The van der Waals surface area contributed by atoms with E-state index in [1.807, 2.05) is 6.92 Å². The third kappa shape index (κ3) is 5.56. The smallest absolute Gasteiger partial charge is 0.320 e. The Labute approximate surface area is 118 Å². The Balaban J connectivity index is 2.35. The predicted octanol–water partition coefficient (Wildman–Crippen LogP) is -0.576. The van der Waals surface area contributed by atoms with Crippen molar-refractivity contribution in [3.8, 4) is 0 Å². The average molecular weight is 285 g/mol. The quantitative estimate of drug-likeness (QED) is 0.567. The third-order valence-electron chi connectivity index (χ3n) is 3.43. The molecule has 0 saturated carbocycles. The van der Waals surface area contributed by atoms with Gasteiger partial charge in [-0.1, -0.05) is 6.92 Å². The second-order valence-electron chi connectivity index (χ2n) is 5.29. The van der Waals surface area contributed by atoms with Gasteiger partial charge in [0.2, 0.25) is 11.8 Å². The summed E-state index contributed by atoms with van der Waals surface area (Å²) in [5, 5.41) is 14.4. The molecule has 1 heterocycles. The molecule has 1 aliphatic heterocycles. The summed E-state index contributed by atoms with van der Waals surface area (Å²) in [5.74, 6) is -0.857. The number of nitrogens with one attached hydrogen (secondary N) is 2. The zero-order valence-corrected chi connectivity index (χ0v) is 12.0. The number of carboxylic acid groups (broad SMARTS) is 1. The van der Waals surface area contributed by atoms with Crippen molar-refractivity contribution in [1.82, 2.24) is 15.5 Å². The Morgan fingerprint density at radius 1 is 1.25 bits per heavy atom. The molecule has 0 spiro atoms.